The number of rotatable bonds is 6. The van der Waals surface area contributed by atoms with E-state index in [1.807, 2.05) is 13.8 Å². The predicted octanol–water partition coefficient (Wildman–Crippen LogP) is 1.43. The molecule has 0 fully saturated rings. The molecule has 0 aromatic carbocycles. The van der Waals surface area contributed by atoms with Gasteiger partial charge in [-0.2, -0.15) is 15.0 Å². The monoisotopic (exact) mass is 243 g/mol. The molecule has 0 aliphatic carbocycles. The molecule has 1 rings (SSSR count). The van der Waals surface area contributed by atoms with E-state index in [2.05, 4.69) is 25.6 Å². The summed E-state index contributed by atoms with van der Waals surface area (Å²) in [7, 11) is 3.42. The van der Waals surface area contributed by atoms with Gasteiger partial charge in [-0.05, 0) is 13.8 Å². The maximum absolute atomic E-state index is 4.96. The van der Waals surface area contributed by atoms with Gasteiger partial charge in [-0.1, -0.05) is 11.8 Å². The van der Waals surface area contributed by atoms with E-state index in [0.29, 0.717) is 23.0 Å². The smallest absolute Gasteiger partial charge is 0.228 e. The average Bonchev–Trinajstić information content (AvgIpc) is 2.25. The van der Waals surface area contributed by atoms with Crippen LogP contribution in [0.3, 0.4) is 0 Å². The van der Waals surface area contributed by atoms with Crippen LogP contribution in [0.4, 0.5) is 11.9 Å². The molecule has 0 atom stereocenters. The fraction of sp³-hybridized carbons (Fsp3) is 0.667. The second kappa shape index (κ2) is 6.49. The average molecular weight is 243 g/mol. The van der Waals surface area contributed by atoms with Gasteiger partial charge in [-0.15, -0.1) is 0 Å². The molecule has 6 nitrogen and oxygen atoms in total. The summed E-state index contributed by atoms with van der Waals surface area (Å²) in [6, 6.07) is 0.285. The normalized spacial score (nSPS) is 10.6. The molecule has 7 heteroatoms. The molecule has 0 amide bonds. The first-order valence-electron chi connectivity index (χ1n) is 4.97. The molecule has 0 aliphatic rings. The summed E-state index contributed by atoms with van der Waals surface area (Å²) in [5.41, 5.74) is 0. The maximum Gasteiger partial charge on any atom is 0.228 e. The van der Waals surface area contributed by atoms with Gasteiger partial charge in [0.2, 0.25) is 11.9 Å². The highest BCUT2D eigenvalue weighted by atomic mass is 32.2. The molecule has 0 aliphatic heterocycles. The first-order chi connectivity index (χ1) is 7.65. The van der Waals surface area contributed by atoms with Crippen LogP contribution in [-0.4, -0.2) is 41.1 Å². The minimum atomic E-state index is 0.285. The maximum atomic E-state index is 4.96. The van der Waals surface area contributed by atoms with Crippen molar-refractivity contribution in [3.05, 3.63) is 0 Å². The Morgan fingerprint density at radius 3 is 2.50 bits per heavy atom. The fourth-order valence-electron chi connectivity index (χ4n) is 0.967. The molecule has 0 unspecified atom stereocenters. The highest BCUT2D eigenvalue weighted by molar-refractivity contribution is 7.99. The zero-order chi connectivity index (χ0) is 12.0. The van der Waals surface area contributed by atoms with E-state index in [1.165, 1.54) is 11.8 Å². The zero-order valence-corrected chi connectivity index (χ0v) is 10.8. The second-order valence-corrected chi connectivity index (χ2v) is 4.25. The molecule has 1 aromatic heterocycles. The Labute approximate surface area is 99.6 Å². The van der Waals surface area contributed by atoms with Crippen LogP contribution in [0.15, 0.2) is 5.16 Å². The molecule has 90 valence electrons. The van der Waals surface area contributed by atoms with Gasteiger partial charge in [-0.25, -0.2) is 0 Å². The first-order valence-corrected chi connectivity index (χ1v) is 5.96. The molecule has 1 heterocycles. The molecule has 1 aromatic rings. The highest BCUT2D eigenvalue weighted by Gasteiger charge is 2.06. The number of ether oxygens (including phenoxy) is 1. The summed E-state index contributed by atoms with van der Waals surface area (Å²) in [6.45, 7) is 4.07. The number of nitrogens with one attached hydrogen (secondary N) is 2. The van der Waals surface area contributed by atoms with Crippen molar-refractivity contribution in [2.45, 2.75) is 25.0 Å². The Balaban J connectivity index is 2.82. The molecular weight excluding hydrogens is 226 g/mol. The van der Waals surface area contributed by atoms with Crippen LogP contribution in [0.2, 0.25) is 0 Å². The number of hydrogen-bond acceptors (Lipinski definition) is 7. The molecule has 0 radical (unpaired) electrons. The highest BCUT2D eigenvalue weighted by Crippen LogP contribution is 2.16. The van der Waals surface area contributed by atoms with Crippen LogP contribution in [-0.2, 0) is 4.74 Å². The lowest BCUT2D eigenvalue weighted by Gasteiger charge is -2.10. The van der Waals surface area contributed by atoms with E-state index in [0.717, 1.165) is 0 Å². The van der Waals surface area contributed by atoms with Gasteiger partial charge in [0.05, 0.1) is 5.94 Å². The van der Waals surface area contributed by atoms with Crippen molar-refractivity contribution in [1.82, 2.24) is 15.0 Å². The summed E-state index contributed by atoms with van der Waals surface area (Å²) in [5, 5.41) is 6.68. The van der Waals surface area contributed by atoms with Crippen LogP contribution in [0.5, 0.6) is 0 Å². The first kappa shape index (κ1) is 13.0. The summed E-state index contributed by atoms with van der Waals surface area (Å²) in [6.07, 6.45) is 0. The number of hydrogen-bond donors (Lipinski definition) is 2. The SMILES string of the molecule is CNc1nc(NC(C)C)nc(SCOC)n1. The lowest BCUT2D eigenvalue weighted by Crippen LogP contribution is -2.14. The van der Waals surface area contributed by atoms with E-state index in [1.54, 1.807) is 14.2 Å². The third kappa shape index (κ3) is 4.19. The lowest BCUT2D eigenvalue weighted by molar-refractivity contribution is 0.258. The van der Waals surface area contributed by atoms with Gasteiger partial charge < -0.3 is 15.4 Å². The topological polar surface area (TPSA) is 72.0 Å². The number of thioether (sulfide) groups is 1. The quantitative estimate of drug-likeness (QED) is 0.578. The van der Waals surface area contributed by atoms with Gasteiger partial charge in [0, 0.05) is 20.2 Å². The predicted molar refractivity (Wildman–Crippen MR) is 65.9 cm³/mol. The van der Waals surface area contributed by atoms with E-state index in [9.17, 15) is 0 Å². The third-order valence-corrected chi connectivity index (χ3v) is 2.36. The van der Waals surface area contributed by atoms with E-state index >= 15 is 0 Å². The minimum absolute atomic E-state index is 0.285. The van der Waals surface area contributed by atoms with Crippen molar-refractivity contribution < 1.29 is 4.74 Å². The van der Waals surface area contributed by atoms with Crippen LogP contribution in [0.25, 0.3) is 0 Å². The van der Waals surface area contributed by atoms with Gasteiger partial charge >= 0.3 is 0 Å². The van der Waals surface area contributed by atoms with Crippen molar-refractivity contribution in [2.24, 2.45) is 0 Å². The van der Waals surface area contributed by atoms with Crippen LogP contribution >= 0.6 is 11.8 Å². The van der Waals surface area contributed by atoms with Gasteiger partial charge in [0.25, 0.3) is 0 Å². The lowest BCUT2D eigenvalue weighted by atomic mass is 10.4. The number of methoxy groups -OCH3 is 1. The van der Waals surface area contributed by atoms with E-state index in [-0.39, 0.29) is 6.04 Å². The summed E-state index contributed by atoms with van der Waals surface area (Å²) >= 11 is 1.43. The van der Waals surface area contributed by atoms with Crippen LogP contribution in [0, 0.1) is 0 Å². The Kier molecular flexibility index (Phi) is 5.27. The zero-order valence-electron chi connectivity index (χ0n) is 9.94. The van der Waals surface area contributed by atoms with Crippen LogP contribution < -0.4 is 10.6 Å². The Morgan fingerprint density at radius 2 is 1.94 bits per heavy atom. The molecule has 0 spiro atoms. The van der Waals surface area contributed by atoms with Crippen molar-refractivity contribution in [3.8, 4) is 0 Å². The van der Waals surface area contributed by atoms with Crippen molar-refractivity contribution in [3.63, 3.8) is 0 Å². The van der Waals surface area contributed by atoms with Crippen molar-refractivity contribution in [1.29, 1.82) is 0 Å². The summed E-state index contributed by atoms with van der Waals surface area (Å²) in [5.74, 6) is 1.65. The third-order valence-electron chi connectivity index (χ3n) is 1.56. The molecule has 0 saturated heterocycles. The number of nitrogens with zero attached hydrogens (tertiary/aromatic N) is 3. The molecule has 0 saturated carbocycles. The Hall–Kier alpha value is -1.08. The molecule has 2 N–H and O–H groups in total. The van der Waals surface area contributed by atoms with Gasteiger partial charge in [-0.3, -0.25) is 0 Å². The standard InChI is InChI=1S/C9H17N5OS/c1-6(2)11-8-12-7(10-3)13-9(14-8)16-5-15-4/h6H,5H2,1-4H3,(H2,10,11,12,13,14). The van der Waals surface area contributed by atoms with E-state index in [4.69, 9.17) is 4.74 Å². The van der Waals surface area contributed by atoms with Crippen molar-refractivity contribution >= 4 is 23.7 Å². The second-order valence-electron chi connectivity index (χ2n) is 3.37. The molecular formula is C9H17N5OS. The molecule has 0 bridgehead atoms. The Morgan fingerprint density at radius 1 is 1.25 bits per heavy atom. The summed E-state index contributed by atoms with van der Waals surface area (Å²) in [4.78, 5) is 12.7. The summed E-state index contributed by atoms with van der Waals surface area (Å²) < 4.78 is 4.96. The largest absolute Gasteiger partial charge is 0.374 e. The Bertz CT molecular complexity index is 334. The van der Waals surface area contributed by atoms with Crippen LogP contribution in [0.1, 0.15) is 13.8 Å². The van der Waals surface area contributed by atoms with Gasteiger partial charge in [0.15, 0.2) is 5.16 Å². The minimum Gasteiger partial charge on any atom is -0.374 e. The molecule has 16 heavy (non-hydrogen) atoms. The van der Waals surface area contributed by atoms with E-state index < -0.39 is 0 Å². The number of aromatic nitrogens is 3. The van der Waals surface area contributed by atoms with Gasteiger partial charge in [0.1, 0.15) is 0 Å². The fourth-order valence-corrected chi connectivity index (χ4v) is 1.49. The number of anilines is 2. The van der Waals surface area contributed by atoms with Crippen molar-refractivity contribution in [2.75, 3.05) is 30.7 Å².